The maximum atomic E-state index is 4.30. The van der Waals surface area contributed by atoms with E-state index in [0.717, 1.165) is 11.4 Å². The molecule has 0 saturated heterocycles. The van der Waals surface area contributed by atoms with Crippen molar-refractivity contribution in [3.05, 3.63) is 23.9 Å². The summed E-state index contributed by atoms with van der Waals surface area (Å²) in [6.45, 7) is 8.37. The summed E-state index contributed by atoms with van der Waals surface area (Å²) in [6.07, 6.45) is 7.96. The fraction of sp³-hybridized carbons (Fsp3) is 0.545. The number of thioether (sulfide) groups is 1. The minimum absolute atomic E-state index is 0.668. The summed E-state index contributed by atoms with van der Waals surface area (Å²) in [5.74, 6) is 0.992. The molecule has 0 aromatic carbocycles. The molecule has 74 valence electrons. The zero-order chi connectivity index (χ0) is 10.1. The average Bonchev–Trinajstić information content (AvgIpc) is 2.09. The van der Waals surface area contributed by atoms with E-state index in [2.05, 4.69) is 24.9 Å². The summed E-state index contributed by atoms with van der Waals surface area (Å²) in [5.41, 5.74) is 1.14. The van der Waals surface area contributed by atoms with E-state index in [9.17, 15) is 0 Å². The Morgan fingerprint density at radius 1 is 1.38 bits per heavy atom. The Labute approximate surface area is 86.0 Å². The smallest absolute Gasteiger partial charge is 0.0498 e. The Bertz CT molecular complexity index is 202. The lowest BCUT2D eigenvalue weighted by Crippen LogP contribution is -1.91. The molecule has 0 fully saturated rings. The molecule has 0 rings (SSSR count). The third-order valence-corrected chi connectivity index (χ3v) is 2.47. The molecule has 0 aliphatic rings. The Kier molecular flexibility index (Phi) is 7.80. The van der Waals surface area contributed by atoms with Gasteiger partial charge in [0.15, 0.2) is 0 Å². The van der Waals surface area contributed by atoms with Crippen molar-refractivity contribution in [2.24, 2.45) is 4.99 Å². The van der Waals surface area contributed by atoms with Crippen molar-refractivity contribution in [1.82, 2.24) is 0 Å². The van der Waals surface area contributed by atoms with Crippen molar-refractivity contribution < 1.29 is 0 Å². The number of hydrogen-bond donors (Lipinski definition) is 0. The van der Waals surface area contributed by atoms with Gasteiger partial charge in [-0.15, -0.1) is 0 Å². The Balaban J connectivity index is 4.09. The first-order valence-corrected chi connectivity index (χ1v) is 5.67. The van der Waals surface area contributed by atoms with E-state index in [1.54, 1.807) is 0 Å². The van der Waals surface area contributed by atoms with Crippen molar-refractivity contribution >= 4 is 18.0 Å². The number of nitrogens with zero attached hydrogens (tertiary/aromatic N) is 1. The van der Waals surface area contributed by atoms with Crippen LogP contribution in [0.25, 0.3) is 0 Å². The summed E-state index contributed by atoms with van der Waals surface area (Å²) >= 11 is 1.91. The molecule has 0 aromatic heterocycles. The van der Waals surface area contributed by atoms with Crippen LogP contribution in [0.5, 0.6) is 0 Å². The molecule has 0 spiro atoms. The van der Waals surface area contributed by atoms with Gasteiger partial charge in [-0.05, 0) is 25.2 Å². The van der Waals surface area contributed by atoms with E-state index < -0.39 is 0 Å². The van der Waals surface area contributed by atoms with E-state index >= 15 is 0 Å². The maximum absolute atomic E-state index is 4.30. The minimum Gasteiger partial charge on any atom is -0.265 e. The molecular formula is C11H19NS. The zero-order valence-corrected chi connectivity index (χ0v) is 9.77. The second kappa shape index (κ2) is 8.11. The predicted molar refractivity (Wildman–Crippen MR) is 64.7 cm³/mol. The molecule has 0 aliphatic heterocycles. The van der Waals surface area contributed by atoms with Gasteiger partial charge in [-0.2, -0.15) is 11.8 Å². The fourth-order valence-corrected chi connectivity index (χ4v) is 1.43. The number of allylic oxidation sites excluding steroid dienone is 3. The largest absolute Gasteiger partial charge is 0.265 e. The summed E-state index contributed by atoms with van der Waals surface area (Å²) in [6, 6.07) is 0. The van der Waals surface area contributed by atoms with Crippen LogP contribution in [0, 0.1) is 0 Å². The third-order valence-electron chi connectivity index (χ3n) is 1.34. The highest BCUT2D eigenvalue weighted by atomic mass is 32.2. The first kappa shape index (κ1) is 12.5. The van der Waals surface area contributed by atoms with Crippen LogP contribution in [-0.4, -0.2) is 17.2 Å². The van der Waals surface area contributed by atoms with Crippen molar-refractivity contribution in [1.29, 1.82) is 0 Å². The van der Waals surface area contributed by atoms with Crippen LogP contribution in [-0.2, 0) is 0 Å². The molecule has 2 heteroatoms. The third kappa shape index (κ3) is 7.85. The van der Waals surface area contributed by atoms with Gasteiger partial charge in [-0.3, -0.25) is 4.99 Å². The summed E-state index contributed by atoms with van der Waals surface area (Å²) in [5, 5.41) is 0.668. The molecule has 1 nitrogen and oxygen atoms in total. The Hall–Kier alpha value is -0.500. The Morgan fingerprint density at radius 2 is 2.08 bits per heavy atom. The van der Waals surface area contributed by atoms with Gasteiger partial charge in [-0.25, -0.2) is 0 Å². The van der Waals surface area contributed by atoms with Crippen LogP contribution in [0.1, 0.15) is 27.7 Å². The molecule has 0 aliphatic carbocycles. The number of aliphatic imine (C=N–C) groups is 1. The summed E-state index contributed by atoms with van der Waals surface area (Å²) < 4.78 is 0. The van der Waals surface area contributed by atoms with Gasteiger partial charge in [0.2, 0.25) is 0 Å². The molecule has 13 heavy (non-hydrogen) atoms. The van der Waals surface area contributed by atoms with E-state index in [1.807, 2.05) is 44.0 Å². The molecule has 0 N–H and O–H groups in total. The topological polar surface area (TPSA) is 12.4 Å². The molecule has 0 aromatic rings. The highest BCUT2D eigenvalue weighted by Gasteiger charge is 1.96. The monoisotopic (exact) mass is 197 g/mol. The van der Waals surface area contributed by atoms with Gasteiger partial charge in [0, 0.05) is 17.7 Å². The van der Waals surface area contributed by atoms with Crippen LogP contribution < -0.4 is 0 Å². The lowest BCUT2D eigenvalue weighted by molar-refractivity contribution is 1.11. The standard InChI is InChI=1S/C11H19NS/c1-5-7-8-11(12-6-2)9-13-10(3)4/h5-8,10H,9H2,1-4H3/b7-5-,11-8-,12-6-. The Morgan fingerprint density at radius 3 is 2.54 bits per heavy atom. The van der Waals surface area contributed by atoms with Crippen molar-refractivity contribution in [3.63, 3.8) is 0 Å². The normalized spacial score (nSPS) is 13.8. The van der Waals surface area contributed by atoms with Gasteiger partial charge in [0.1, 0.15) is 0 Å². The quantitative estimate of drug-likeness (QED) is 0.484. The van der Waals surface area contributed by atoms with Gasteiger partial charge >= 0.3 is 0 Å². The predicted octanol–water partition coefficient (Wildman–Crippen LogP) is 3.68. The SMILES string of the molecule is C\C=C/C=C(CSC(C)C)\N=C/C. The van der Waals surface area contributed by atoms with Crippen molar-refractivity contribution in [2.45, 2.75) is 32.9 Å². The molecule has 0 heterocycles. The highest BCUT2D eigenvalue weighted by molar-refractivity contribution is 8.00. The lowest BCUT2D eigenvalue weighted by Gasteiger charge is -2.03. The van der Waals surface area contributed by atoms with Crippen LogP contribution in [0.3, 0.4) is 0 Å². The number of rotatable bonds is 5. The van der Waals surface area contributed by atoms with Gasteiger partial charge in [0.25, 0.3) is 0 Å². The molecule has 0 saturated carbocycles. The molecule has 0 atom stereocenters. The van der Waals surface area contributed by atoms with Crippen LogP contribution >= 0.6 is 11.8 Å². The van der Waals surface area contributed by atoms with Gasteiger partial charge < -0.3 is 0 Å². The van der Waals surface area contributed by atoms with E-state index in [4.69, 9.17) is 0 Å². The van der Waals surface area contributed by atoms with Crippen molar-refractivity contribution in [3.8, 4) is 0 Å². The molecule has 0 unspecified atom stereocenters. The minimum atomic E-state index is 0.668. The first-order valence-electron chi connectivity index (χ1n) is 4.62. The second-order valence-corrected chi connectivity index (χ2v) is 4.50. The number of hydrogen-bond acceptors (Lipinski definition) is 2. The van der Waals surface area contributed by atoms with Gasteiger partial charge in [-0.1, -0.05) is 26.0 Å². The summed E-state index contributed by atoms with van der Waals surface area (Å²) in [4.78, 5) is 4.30. The first-order chi connectivity index (χ1) is 6.20. The second-order valence-electron chi connectivity index (χ2n) is 2.93. The van der Waals surface area contributed by atoms with Crippen LogP contribution in [0.2, 0.25) is 0 Å². The molecule has 0 amide bonds. The van der Waals surface area contributed by atoms with Crippen LogP contribution in [0.15, 0.2) is 28.9 Å². The van der Waals surface area contributed by atoms with Crippen molar-refractivity contribution in [2.75, 3.05) is 5.75 Å². The maximum Gasteiger partial charge on any atom is 0.0498 e. The fourth-order valence-electron chi connectivity index (χ4n) is 0.754. The van der Waals surface area contributed by atoms with E-state index in [-0.39, 0.29) is 0 Å². The highest BCUT2D eigenvalue weighted by Crippen LogP contribution is 2.14. The van der Waals surface area contributed by atoms with Gasteiger partial charge in [0.05, 0.1) is 0 Å². The lowest BCUT2D eigenvalue weighted by atomic mass is 10.4. The van der Waals surface area contributed by atoms with Crippen LogP contribution in [0.4, 0.5) is 0 Å². The molecule has 0 radical (unpaired) electrons. The van der Waals surface area contributed by atoms with E-state index in [0.29, 0.717) is 5.25 Å². The average molecular weight is 197 g/mol. The molecular weight excluding hydrogens is 178 g/mol. The molecule has 0 bridgehead atoms. The van der Waals surface area contributed by atoms with E-state index in [1.165, 1.54) is 0 Å². The zero-order valence-electron chi connectivity index (χ0n) is 8.95. The summed E-state index contributed by atoms with van der Waals surface area (Å²) in [7, 11) is 0.